The zero-order valence-electron chi connectivity index (χ0n) is 12.8. The number of carboxylic acid groups (broad SMARTS) is 1. The summed E-state index contributed by atoms with van der Waals surface area (Å²) in [5, 5.41) is 11.0. The minimum absolute atomic E-state index is 0.636. The van der Waals surface area contributed by atoms with Crippen LogP contribution in [0.1, 0.15) is 42.7 Å². The summed E-state index contributed by atoms with van der Waals surface area (Å²) in [5.74, 6) is 1.33. The maximum Gasteiger partial charge on any atom is 0.314 e. The lowest BCUT2D eigenvalue weighted by atomic mass is 9.83. The maximum absolute atomic E-state index is 11.8. The van der Waals surface area contributed by atoms with Crippen molar-refractivity contribution in [1.82, 2.24) is 4.57 Å². The largest absolute Gasteiger partial charge is 0.481 e. The molecule has 1 saturated heterocycles. The molecule has 4 heterocycles. The molecule has 114 valence electrons. The molecule has 0 amide bonds. The molecule has 2 aromatic rings. The van der Waals surface area contributed by atoms with E-state index in [2.05, 4.69) is 28.6 Å². The third-order valence-electron chi connectivity index (χ3n) is 6.10. The number of aryl methyl sites for hydroxylation is 1. The lowest BCUT2D eigenvalue weighted by molar-refractivity contribution is -0.140. The molecule has 2 bridgehead atoms. The van der Waals surface area contributed by atoms with Crippen LogP contribution in [0.3, 0.4) is 0 Å². The quantitative estimate of drug-likeness (QED) is 0.926. The van der Waals surface area contributed by atoms with Crippen LogP contribution in [-0.2, 0) is 17.3 Å². The van der Waals surface area contributed by atoms with Gasteiger partial charge in [-0.3, -0.25) is 4.79 Å². The van der Waals surface area contributed by atoms with Crippen LogP contribution in [0.5, 0.6) is 0 Å². The molecule has 0 radical (unpaired) electrons. The summed E-state index contributed by atoms with van der Waals surface area (Å²) in [6.45, 7) is 2.28. The number of aliphatic carboxylic acids is 1. The van der Waals surface area contributed by atoms with Crippen LogP contribution in [0.2, 0.25) is 0 Å². The van der Waals surface area contributed by atoms with Gasteiger partial charge in [-0.05, 0) is 37.2 Å². The molecule has 0 spiro atoms. The summed E-state index contributed by atoms with van der Waals surface area (Å²) in [7, 11) is 2.11. The van der Waals surface area contributed by atoms with Crippen molar-refractivity contribution >= 4 is 22.7 Å². The first-order valence-electron chi connectivity index (χ1n) is 8.23. The van der Waals surface area contributed by atoms with Gasteiger partial charge in [-0.25, -0.2) is 0 Å². The fourth-order valence-corrected chi connectivity index (χ4v) is 4.80. The maximum atomic E-state index is 11.8. The van der Waals surface area contributed by atoms with Crippen molar-refractivity contribution in [2.75, 3.05) is 18.0 Å². The van der Waals surface area contributed by atoms with Crippen molar-refractivity contribution in [3.63, 3.8) is 0 Å². The molecular weight excluding hydrogens is 276 g/mol. The van der Waals surface area contributed by atoms with E-state index in [1.54, 1.807) is 0 Å². The number of hydrogen-bond acceptors (Lipinski definition) is 2. The molecule has 4 nitrogen and oxygen atoms in total. The van der Waals surface area contributed by atoms with Crippen LogP contribution in [-0.4, -0.2) is 28.7 Å². The summed E-state index contributed by atoms with van der Waals surface area (Å²) < 4.78 is 2.27. The number of carboxylic acids is 1. The highest BCUT2D eigenvalue weighted by atomic mass is 16.4. The second kappa shape index (κ2) is 3.86. The van der Waals surface area contributed by atoms with Gasteiger partial charge in [-0.2, -0.15) is 0 Å². The van der Waals surface area contributed by atoms with Crippen LogP contribution in [0.4, 0.5) is 5.82 Å². The summed E-state index contributed by atoms with van der Waals surface area (Å²) in [5.41, 5.74) is 3.02. The Bertz CT molecular complexity index is 808. The Morgan fingerprint density at radius 2 is 2.00 bits per heavy atom. The normalized spacial score (nSPS) is 22.1. The minimum Gasteiger partial charge on any atom is -0.481 e. The number of para-hydroxylation sites is 1. The molecule has 1 aliphatic carbocycles. The molecule has 3 aliphatic heterocycles. The van der Waals surface area contributed by atoms with Gasteiger partial charge in [0.2, 0.25) is 0 Å². The van der Waals surface area contributed by atoms with Crippen LogP contribution < -0.4 is 4.90 Å². The van der Waals surface area contributed by atoms with Gasteiger partial charge in [0.25, 0.3) is 0 Å². The lowest BCUT2D eigenvalue weighted by Gasteiger charge is -2.41. The average Bonchev–Trinajstić information content (AvgIpc) is 3.30. The summed E-state index contributed by atoms with van der Waals surface area (Å²) in [6, 6.07) is 6.28. The highest BCUT2D eigenvalue weighted by Crippen LogP contribution is 2.54. The number of aromatic nitrogens is 1. The van der Waals surface area contributed by atoms with E-state index in [0.29, 0.717) is 5.92 Å². The van der Waals surface area contributed by atoms with Gasteiger partial charge in [-0.1, -0.05) is 18.2 Å². The predicted molar refractivity (Wildman–Crippen MR) is 85.7 cm³/mol. The van der Waals surface area contributed by atoms with Gasteiger partial charge in [0.1, 0.15) is 5.82 Å². The Morgan fingerprint density at radius 1 is 1.27 bits per heavy atom. The van der Waals surface area contributed by atoms with Crippen LogP contribution in [0, 0.1) is 0 Å². The first-order chi connectivity index (χ1) is 10.6. The average molecular weight is 296 g/mol. The van der Waals surface area contributed by atoms with E-state index < -0.39 is 11.4 Å². The lowest BCUT2D eigenvalue weighted by Crippen LogP contribution is -2.39. The highest BCUT2D eigenvalue weighted by Gasteiger charge is 2.53. The van der Waals surface area contributed by atoms with Crippen molar-refractivity contribution in [2.45, 2.75) is 37.0 Å². The molecule has 1 N–H and O–H groups in total. The van der Waals surface area contributed by atoms with Gasteiger partial charge >= 0.3 is 5.97 Å². The SMILES string of the molecule is Cn1c2c(c3cccc(C4(C(=O)O)CC4)c31)C1CCN2CC1. The number of benzene rings is 1. The molecule has 0 atom stereocenters. The fraction of sp³-hybridized carbons (Fsp3) is 0.500. The van der Waals surface area contributed by atoms with Gasteiger partial charge < -0.3 is 14.6 Å². The second-order valence-corrected chi connectivity index (χ2v) is 7.15. The van der Waals surface area contributed by atoms with Crippen molar-refractivity contribution < 1.29 is 9.90 Å². The first kappa shape index (κ1) is 12.6. The molecule has 1 aromatic heterocycles. The van der Waals surface area contributed by atoms with Crippen molar-refractivity contribution in [1.29, 1.82) is 0 Å². The van der Waals surface area contributed by atoms with Crippen LogP contribution >= 0.6 is 0 Å². The zero-order valence-corrected chi connectivity index (χ0v) is 12.8. The third-order valence-corrected chi connectivity index (χ3v) is 6.10. The molecule has 1 saturated carbocycles. The standard InChI is InChI=1S/C18H20N2O2/c1-19-15-12(14-11-5-9-20(10-6-11)16(14)19)3-2-4-13(15)18(7-8-18)17(21)22/h2-4,11H,5-10H2,1H3,(H,21,22). The predicted octanol–water partition coefficient (Wildman–Crippen LogP) is 2.99. The van der Waals surface area contributed by atoms with E-state index in [0.717, 1.165) is 37.0 Å². The Labute approximate surface area is 129 Å². The van der Waals surface area contributed by atoms with E-state index >= 15 is 0 Å². The number of rotatable bonds is 2. The molecule has 2 fully saturated rings. The van der Waals surface area contributed by atoms with Gasteiger partial charge in [0.15, 0.2) is 0 Å². The molecule has 22 heavy (non-hydrogen) atoms. The Hall–Kier alpha value is -1.97. The molecule has 6 rings (SSSR count). The van der Waals surface area contributed by atoms with E-state index in [-0.39, 0.29) is 0 Å². The van der Waals surface area contributed by atoms with Gasteiger partial charge in [0, 0.05) is 31.1 Å². The fourth-order valence-electron chi connectivity index (χ4n) is 4.80. The Morgan fingerprint density at radius 3 is 2.64 bits per heavy atom. The molecule has 4 aliphatic rings. The van der Waals surface area contributed by atoms with Gasteiger partial charge in [-0.15, -0.1) is 0 Å². The number of anilines is 1. The zero-order chi connectivity index (χ0) is 15.1. The molecular formula is C18H20N2O2. The number of piperidine rings is 1. The number of hydrogen-bond donors (Lipinski definition) is 1. The Kier molecular flexibility index (Phi) is 2.20. The first-order valence-corrected chi connectivity index (χ1v) is 8.23. The van der Waals surface area contributed by atoms with Gasteiger partial charge in [0.05, 0.1) is 10.9 Å². The molecule has 1 aromatic carbocycles. The molecule has 0 unspecified atom stereocenters. The third kappa shape index (κ3) is 1.32. The number of nitrogens with zero attached hydrogens (tertiary/aromatic N) is 2. The van der Waals surface area contributed by atoms with E-state index in [1.165, 1.54) is 29.6 Å². The Balaban J connectivity index is 1.86. The van der Waals surface area contributed by atoms with E-state index in [4.69, 9.17) is 0 Å². The van der Waals surface area contributed by atoms with E-state index in [1.807, 2.05) is 6.07 Å². The smallest absolute Gasteiger partial charge is 0.314 e. The summed E-state index contributed by atoms with van der Waals surface area (Å²) >= 11 is 0. The molecule has 4 heteroatoms. The van der Waals surface area contributed by atoms with Crippen molar-refractivity contribution in [3.05, 3.63) is 29.3 Å². The van der Waals surface area contributed by atoms with E-state index in [9.17, 15) is 9.90 Å². The number of carbonyl (C=O) groups is 1. The summed E-state index contributed by atoms with van der Waals surface area (Å²) in [4.78, 5) is 14.3. The summed E-state index contributed by atoms with van der Waals surface area (Å²) in [6.07, 6.45) is 4.01. The van der Waals surface area contributed by atoms with Crippen molar-refractivity contribution in [2.24, 2.45) is 7.05 Å². The minimum atomic E-state index is -0.664. The highest BCUT2D eigenvalue weighted by molar-refractivity contribution is 5.98. The van der Waals surface area contributed by atoms with Crippen molar-refractivity contribution in [3.8, 4) is 0 Å². The second-order valence-electron chi connectivity index (χ2n) is 7.15. The van der Waals surface area contributed by atoms with Crippen LogP contribution in [0.15, 0.2) is 18.2 Å². The topological polar surface area (TPSA) is 45.5 Å². The van der Waals surface area contributed by atoms with Crippen LogP contribution in [0.25, 0.3) is 10.9 Å². The monoisotopic (exact) mass is 296 g/mol. The number of fused-ring (bicyclic) bond motifs is 3.